The van der Waals surface area contributed by atoms with Gasteiger partial charge in [0.2, 0.25) is 0 Å². The van der Waals surface area contributed by atoms with Crippen LogP contribution in [0.2, 0.25) is 0 Å². The van der Waals surface area contributed by atoms with E-state index in [2.05, 4.69) is 29.1 Å². The number of benzene rings is 1. The van der Waals surface area contributed by atoms with Crippen molar-refractivity contribution in [2.45, 2.75) is 32.4 Å². The number of carbonyl (C=O) groups is 1. The second-order valence-electron chi connectivity index (χ2n) is 3.98. The van der Waals surface area contributed by atoms with Crippen LogP contribution in [0.25, 0.3) is 0 Å². The molecule has 3 heteroatoms. The maximum absolute atomic E-state index is 11.1. The number of esters is 1. The normalized spacial score (nSPS) is 14.2. The summed E-state index contributed by atoms with van der Waals surface area (Å²) in [5, 5.41) is 3.36. The molecular formula is C13H19NO2. The fourth-order valence-electron chi connectivity index (χ4n) is 1.66. The molecule has 0 fully saturated rings. The fraction of sp³-hybridized carbons (Fsp3) is 0.462. The van der Waals surface area contributed by atoms with E-state index in [0.29, 0.717) is 6.42 Å². The van der Waals surface area contributed by atoms with Crippen LogP contribution in [0.1, 0.15) is 31.9 Å². The Morgan fingerprint density at radius 2 is 1.94 bits per heavy atom. The maximum atomic E-state index is 11.1. The molecule has 0 saturated carbocycles. The van der Waals surface area contributed by atoms with Gasteiger partial charge in [-0.05, 0) is 19.4 Å². The summed E-state index contributed by atoms with van der Waals surface area (Å²) >= 11 is 0. The van der Waals surface area contributed by atoms with Crippen molar-refractivity contribution in [3.05, 3.63) is 35.9 Å². The van der Waals surface area contributed by atoms with E-state index >= 15 is 0 Å². The molecule has 0 aliphatic heterocycles. The van der Waals surface area contributed by atoms with E-state index in [1.807, 2.05) is 25.1 Å². The minimum atomic E-state index is -0.180. The zero-order chi connectivity index (χ0) is 12.0. The molecular weight excluding hydrogens is 202 g/mol. The van der Waals surface area contributed by atoms with Crippen molar-refractivity contribution in [3.8, 4) is 0 Å². The highest BCUT2D eigenvalue weighted by Gasteiger charge is 2.12. The average Bonchev–Trinajstić information content (AvgIpc) is 2.29. The zero-order valence-corrected chi connectivity index (χ0v) is 10.1. The van der Waals surface area contributed by atoms with Crippen LogP contribution in [0.15, 0.2) is 30.3 Å². The van der Waals surface area contributed by atoms with Crippen LogP contribution in [-0.2, 0) is 9.53 Å². The van der Waals surface area contributed by atoms with Gasteiger partial charge in [0, 0.05) is 12.1 Å². The molecule has 0 heterocycles. The number of nitrogens with one attached hydrogen (secondary N) is 1. The second-order valence-corrected chi connectivity index (χ2v) is 3.98. The van der Waals surface area contributed by atoms with Crippen molar-refractivity contribution in [1.82, 2.24) is 5.32 Å². The topological polar surface area (TPSA) is 38.3 Å². The summed E-state index contributed by atoms with van der Waals surface area (Å²) in [5.74, 6) is -0.180. The Balaban J connectivity index is 2.45. The first kappa shape index (κ1) is 12.7. The molecule has 16 heavy (non-hydrogen) atoms. The van der Waals surface area contributed by atoms with Gasteiger partial charge in [-0.25, -0.2) is 0 Å². The zero-order valence-electron chi connectivity index (χ0n) is 10.1. The highest BCUT2D eigenvalue weighted by molar-refractivity contribution is 5.69. The van der Waals surface area contributed by atoms with Gasteiger partial charge in [0.25, 0.3) is 0 Å². The Labute approximate surface area is 96.8 Å². The molecule has 0 unspecified atom stereocenters. The number of carbonyl (C=O) groups excluding carboxylic acids is 1. The molecule has 0 aromatic heterocycles. The molecule has 1 aromatic rings. The Kier molecular flexibility index (Phi) is 4.99. The number of rotatable bonds is 5. The van der Waals surface area contributed by atoms with E-state index in [9.17, 15) is 4.79 Å². The summed E-state index contributed by atoms with van der Waals surface area (Å²) < 4.78 is 4.63. The van der Waals surface area contributed by atoms with E-state index in [4.69, 9.17) is 0 Å². The monoisotopic (exact) mass is 221 g/mol. The molecule has 1 aromatic carbocycles. The molecule has 1 rings (SSSR count). The Morgan fingerprint density at radius 3 is 2.50 bits per heavy atom. The summed E-state index contributed by atoms with van der Waals surface area (Å²) in [4.78, 5) is 11.1. The molecule has 1 N–H and O–H groups in total. The fourth-order valence-corrected chi connectivity index (χ4v) is 1.66. The maximum Gasteiger partial charge on any atom is 0.307 e. The van der Waals surface area contributed by atoms with Crippen LogP contribution in [0, 0.1) is 0 Å². The second kappa shape index (κ2) is 6.28. The third-order valence-corrected chi connectivity index (χ3v) is 2.53. The lowest BCUT2D eigenvalue weighted by atomic mass is 10.1. The van der Waals surface area contributed by atoms with Crippen molar-refractivity contribution >= 4 is 5.97 Å². The van der Waals surface area contributed by atoms with Crippen LogP contribution in [0.4, 0.5) is 0 Å². The summed E-state index contributed by atoms with van der Waals surface area (Å²) in [6.07, 6.45) is 0.397. The van der Waals surface area contributed by atoms with E-state index in [-0.39, 0.29) is 18.1 Å². The molecule has 0 aliphatic rings. The van der Waals surface area contributed by atoms with Crippen molar-refractivity contribution in [1.29, 1.82) is 0 Å². The first-order valence-corrected chi connectivity index (χ1v) is 5.51. The van der Waals surface area contributed by atoms with Crippen molar-refractivity contribution in [2.24, 2.45) is 0 Å². The first-order valence-electron chi connectivity index (χ1n) is 5.51. The van der Waals surface area contributed by atoms with Crippen LogP contribution in [0.5, 0.6) is 0 Å². The van der Waals surface area contributed by atoms with Gasteiger partial charge in [0.1, 0.15) is 0 Å². The van der Waals surface area contributed by atoms with Crippen molar-refractivity contribution in [3.63, 3.8) is 0 Å². The summed E-state index contributed by atoms with van der Waals surface area (Å²) in [5.41, 5.74) is 1.22. The Bertz CT molecular complexity index is 324. The summed E-state index contributed by atoms with van der Waals surface area (Å²) in [7, 11) is 1.41. The van der Waals surface area contributed by atoms with Gasteiger partial charge in [-0.2, -0.15) is 0 Å². The van der Waals surface area contributed by atoms with Gasteiger partial charge in [0.15, 0.2) is 0 Å². The highest BCUT2D eigenvalue weighted by atomic mass is 16.5. The molecule has 0 amide bonds. The minimum Gasteiger partial charge on any atom is -0.469 e. The predicted octanol–water partition coefficient (Wildman–Crippen LogP) is 2.29. The Morgan fingerprint density at radius 1 is 1.31 bits per heavy atom. The van der Waals surface area contributed by atoms with E-state index in [0.717, 1.165) is 0 Å². The minimum absolute atomic E-state index is 0.114. The van der Waals surface area contributed by atoms with E-state index < -0.39 is 0 Å². The lowest BCUT2D eigenvalue weighted by Gasteiger charge is -2.19. The SMILES string of the molecule is COC(=O)C[C@H](C)N[C@@H](C)c1ccccc1. The molecule has 3 nitrogen and oxygen atoms in total. The smallest absolute Gasteiger partial charge is 0.307 e. The number of ether oxygens (including phenoxy) is 1. The summed E-state index contributed by atoms with van der Waals surface area (Å²) in [6, 6.07) is 10.5. The molecule has 0 spiro atoms. The molecule has 2 atom stereocenters. The van der Waals surface area contributed by atoms with E-state index in [1.165, 1.54) is 12.7 Å². The Hall–Kier alpha value is -1.35. The van der Waals surface area contributed by atoms with Gasteiger partial charge in [-0.3, -0.25) is 4.79 Å². The highest BCUT2D eigenvalue weighted by Crippen LogP contribution is 2.12. The van der Waals surface area contributed by atoms with Gasteiger partial charge in [-0.15, -0.1) is 0 Å². The number of hydrogen-bond acceptors (Lipinski definition) is 3. The third kappa shape index (κ3) is 4.03. The van der Waals surface area contributed by atoms with Gasteiger partial charge >= 0.3 is 5.97 Å². The quantitative estimate of drug-likeness (QED) is 0.775. The molecule has 0 radical (unpaired) electrons. The van der Waals surface area contributed by atoms with Crippen molar-refractivity contribution in [2.75, 3.05) is 7.11 Å². The molecule has 88 valence electrons. The third-order valence-electron chi connectivity index (χ3n) is 2.53. The first-order chi connectivity index (χ1) is 7.63. The van der Waals surface area contributed by atoms with Gasteiger partial charge in [0.05, 0.1) is 13.5 Å². The number of methoxy groups -OCH3 is 1. The van der Waals surface area contributed by atoms with Crippen LogP contribution < -0.4 is 5.32 Å². The number of hydrogen-bond donors (Lipinski definition) is 1. The predicted molar refractivity (Wildman–Crippen MR) is 64.1 cm³/mol. The lowest BCUT2D eigenvalue weighted by Crippen LogP contribution is -2.31. The van der Waals surface area contributed by atoms with Gasteiger partial charge < -0.3 is 10.1 Å². The largest absolute Gasteiger partial charge is 0.469 e. The molecule has 0 saturated heterocycles. The van der Waals surface area contributed by atoms with Crippen LogP contribution in [0.3, 0.4) is 0 Å². The molecule has 0 bridgehead atoms. The lowest BCUT2D eigenvalue weighted by molar-refractivity contribution is -0.141. The van der Waals surface area contributed by atoms with Crippen LogP contribution in [-0.4, -0.2) is 19.1 Å². The standard InChI is InChI=1S/C13H19NO2/c1-10(9-13(15)16-3)14-11(2)12-7-5-4-6-8-12/h4-8,10-11,14H,9H2,1-3H3/t10-,11-/m0/s1. The summed E-state index contributed by atoms with van der Waals surface area (Å²) in [6.45, 7) is 4.07. The average molecular weight is 221 g/mol. The molecule has 0 aliphatic carbocycles. The van der Waals surface area contributed by atoms with E-state index in [1.54, 1.807) is 0 Å². The van der Waals surface area contributed by atoms with Crippen molar-refractivity contribution < 1.29 is 9.53 Å². The van der Waals surface area contributed by atoms with Gasteiger partial charge in [-0.1, -0.05) is 30.3 Å². The van der Waals surface area contributed by atoms with Crippen LogP contribution >= 0.6 is 0 Å².